The molecule has 4 heteroatoms. The number of carboxylic acids is 1. The van der Waals surface area contributed by atoms with E-state index in [9.17, 15) is 9.59 Å². The van der Waals surface area contributed by atoms with Gasteiger partial charge in [0.05, 0.1) is 6.42 Å². The van der Waals surface area contributed by atoms with Gasteiger partial charge >= 0.3 is 11.9 Å². The van der Waals surface area contributed by atoms with Gasteiger partial charge in [0, 0.05) is 0 Å². The summed E-state index contributed by atoms with van der Waals surface area (Å²) < 4.78 is 4.47. The number of carbonyl (C=O) groups excluding carboxylic acids is 1. The van der Waals surface area contributed by atoms with Gasteiger partial charge < -0.3 is 9.84 Å². The highest BCUT2D eigenvalue weighted by Gasteiger charge is 2.06. The fourth-order valence-corrected chi connectivity index (χ4v) is 0.956. The lowest BCUT2D eigenvalue weighted by molar-refractivity contribution is -0.154. The van der Waals surface area contributed by atoms with E-state index in [-0.39, 0.29) is 6.42 Å². The van der Waals surface area contributed by atoms with Crippen molar-refractivity contribution >= 4 is 11.9 Å². The first kappa shape index (κ1) is 10.2. The lowest BCUT2D eigenvalue weighted by atomic mass is 10.2. The largest absolute Gasteiger partial charge is 0.479 e. The van der Waals surface area contributed by atoms with Gasteiger partial charge in [-0.15, -0.1) is 0 Å². The Kier molecular flexibility index (Phi) is 3.67. The Bertz CT molecular complexity index is 318. The first-order chi connectivity index (χ1) is 6.68. The van der Waals surface area contributed by atoms with Crippen molar-refractivity contribution in [2.45, 2.75) is 6.42 Å². The second-order valence-electron chi connectivity index (χ2n) is 2.72. The van der Waals surface area contributed by atoms with Gasteiger partial charge in [0.25, 0.3) is 0 Å². The summed E-state index contributed by atoms with van der Waals surface area (Å²) in [5.41, 5.74) is 0.808. The smallest absolute Gasteiger partial charge is 0.341 e. The minimum atomic E-state index is -1.15. The van der Waals surface area contributed by atoms with Crippen LogP contribution in [0.1, 0.15) is 5.56 Å². The van der Waals surface area contributed by atoms with Crippen molar-refractivity contribution in [3.05, 3.63) is 35.9 Å². The molecule has 0 aliphatic heterocycles. The number of esters is 1. The van der Waals surface area contributed by atoms with E-state index in [1.165, 1.54) is 0 Å². The first-order valence-electron chi connectivity index (χ1n) is 4.10. The third-order valence-corrected chi connectivity index (χ3v) is 1.55. The zero-order chi connectivity index (χ0) is 10.4. The Balaban J connectivity index is 2.38. The second kappa shape index (κ2) is 5.01. The fraction of sp³-hybridized carbons (Fsp3) is 0.200. The summed E-state index contributed by atoms with van der Waals surface area (Å²) in [4.78, 5) is 21.1. The molecule has 0 saturated heterocycles. The number of hydrogen-bond donors (Lipinski definition) is 1. The van der Waals surface area contributed by atoms with Crippen molar-refractivity contribution < 1.29 is 19.4 Å². The van der Waals surface area contributed by atoms with E-state index >= 15 is 0 Å². The minimum absolute atomic E-state index is 0.105. The van der Waals surface area contributed by atoms with Crippen LogP contribution in [0.3, 0.4) is 0 Å². The molecule has 0 aromatic heterocycles. The number of aliphatic carboxylic acids is 1. The van der Waals surface area contributed by atoms with Crippen molar-refractivity contribution in [2.75, 3.05) is 6.61 Å². The number of rotatable bonds is 4. The molecule has 1 aromatic carbocycles. The van der Waals surface area contributed by atoms with Crippen molar-refractivity contribution in [3.8, 4) is 0 Å². The van der Waals surface area contributed by atoms with Gasteiger partial charge in [-0.25, -0.2) is 4.79 Å². The molecule has 0 aliphatic carbocycles. The van der Waals surface area contributed by atoms with Crippen LogP contribution < -0.4 is 0 Å². The van der Waals surface area contributed by atoms with Crippen LogP contribution >= 0.6 is 0 Å². The number of carbonyl (C=O) groups is 2. The molecule has 0 bridgehead atoms. The maximum atomic E-state index is 11.0. The molecule has 0 atom stereocenters. The van der Waals surface area contributed by atoms with Crippen LogP contribution in [0.2, 0.25) is 0 Å². The van der Waals surface area contributed by atoms with E-state index in [0.29, 0.717) is 0 Å². The van der Waals surface area contributed by atoms with E-state index in [0.717, 1.165) is 5.56 Å². The highest BCUT2D eigenvalue weighted by atomic mass is 16.5. The molecule has 1 aromatic rings. The van der Waals surface area contributed by atoms with Gasteiger partial charge in [-0.1, -0.05) is 30.3 Å². The Labute approximate surface area is 81.1 Å². The standard InChI is InChI=1S/C10H10O4/c11-9(12)7-14-10(13)6-8-4-2-1-3-5-8/h1-5H,6-7H2,(H,11,12). The molecule has 0 radical (unpaired) electrons. The summed E-state index contributed by atoms with van der Waals surface area (Å²) in [6.07, 6.45) is 0.105. The number of benzene rings is 1. The molecule has 0 fully saturated rings. The monoisotopic (exact) mass is 194 g/mol. The maximum Gasteiger partial charge on any atom is 0.341 e. The van der Waals surface area contributed by atoms with Gasteiger partial charge in [0.1, 0.15) is 0 Å². The van der Waals surface area contributed by atoms with Crippen molar-refractivity contribution in [2.24, 2.45) is 0 Å². The average molecular weight is 194 g/mol. The number of ether oxygens (including phenoxy) is 1. The van der Waals surface area contributed by atoms with Crippen LogP contribution in [-0.2, 0) is 20.7 Å². The minimum Gasteiger partial charge on any atom is -0.479 e. The molecule has 1 rings (SSSR count). The molecule has 74 valence electrons. The predicted molar refractivity (Wildman–Crippen MR) is 48.7 cm³/mol. The third-order valence-electron chi connectivity index (χ3n) is 1.55. The normalized spacial score (nSPS) is 9.43. The Morgan fingerprint density at radius 3 is 2.43 bits per heavy atom. The van der Waals surface area contributed by atoms with Crippen LogP contribution in [-0.4, -0.2) is 23.7 Å². The summed E-state index contributed by atoms with van der Waals surface area (Å²) >= 11 is 0. The first-order valence-corrected chi connectivity index (χ1v) is 4.10. The lowest BCUT2D eigenvalue weighted by Crippen LogP contribution is -2.14. The number of hydrogen-bond acceptors (Lipinski definition) is 3. The topological polar surface area (TPSA) is 63.6 Å². The Morgan fingerprint density at radius 1 is 1.21 bits per heavy atom. The third kappa shape index (κ3) is 3.71. The molecular weight excluding hydrogens is 184 g/mol. The average Bonchev–Trinajstić information content (AvgIpc) is 2.16. The zero-order valence-corrected chi connectivity index (χ0v) is 7.47. The van der Waals surface area contributed by atoms with Crippen LogP contribution in [0.4, 0.5) is 0 Å². The molecule has 14 heavy (non-hydrogen) atoms. The van der Waals surface area contributed by atoms with E-state index in [4.69, 9.17) is 5.11 Å². The molecule has 0 heterocycles. The molecule has 0 aliphatic rings. The van der Waals surface area contributed by atoms with Gasteiger partial charge in [-0.3, -0.25) is 4.79 Å². The van der Waals surface area contributed by atoms with E-state index in [1.54, 1.807) is 24.3 Å². The summed E-state index contributed by atoms with van der Waals surface area (Å²) in [5.74, 6) is -1.68. The zero-order valence-electron chi connectivity index (χ0n) is 7.47. The second-order valence-corrected chi connectivity index (χ2v) is 2.72. The summed E-state index contributed by atoms with van der Waals surface area (Å²) in [6, 6.07) is 9.01. The summed E-state index contributed by atoms with van der Waals surface area (Å²) in [5, 5.41) is 8.25. The van der Waals surface area contributed by atoms with Gasteiger partial charge in [-0.2, -0.15) is 0 Å². The Hall–Kier alpha value is -1.84. The van der Waals surface area contributed by atoms with Crippen molar-refractivity contribution in [3.63, 3.8) is 0 Å². The van der Waals surface area contributed by atoms with Crippen LogP contribution in [0.15, 0.2) is 30.3 Å². The van der Waals surface area contributed by atoms with Crippen molar-refractivity contribution in [1.82, 2.24) is 0 Å². The number of carboxylic acid groups (broad SMARTS) is 1. The Morgan fingerprint density at radius 2 is 1.86 bits per heavy atom. The molecule has 0 amide bonds. The molecular formula is C10H10O4. The summed E-state index contributed by atoms with van der Waals surface area (Å²) in [6.45, 7) is -0.578. The predicted octanol–water partition coefficient (Wildman–Crippen LogP) is 0.857. The maximum absolute atomic E-state index is 11.0. The molecule has 0 spiro atoms. The lowest BCUT2D eigenvalue weighted by Gasteiger charge is -2.01. The SMILES string of the molecule is O=C(O)COC(=O)Cc1ccccc1. The van der Waals surface area contributed by atoms with E-state index in [2.05, 4.69) is 4.74 Å². The van der Waals surface area contributed by atoms with Gasteiger partial charge in [0.2, 0.25) is 0 Å². The van der Waals surface area contributed by atoms with Crippen LogP contribution in [0.25, 0.3) is 0 Å². The quantitative estimate of drug-likeness (QED) is 0.722. The molecule has 0 saturated carbocycles. The summed E-state index contributed by atoms with van der Waals surface area (Å²) in [7, 11) is 0. The molecule has 1 N–H and O–H groups in total. The van der Waals surface area contributed by atoms with Crippen molar-refractivity contribution in [1.29, 1.82) is 0 Å². The highest BCUT2D eigenvalue weighted by Crippen LogP contribution is 2.00. The van der Waals surface area contributed by atoms with Gasteiger partial charge in [0.15, 0.2) is 6.61 Å². The van der Waals surface area contributed by atoms with Crippen LogP contribution in [0.5, 0.6) is 0 Å². The van der Waals surface area contributed by atoms with Gasteiger partial charge in [-0.05, 0) is 5.56 Å². The van der Waals surface area contributed by atoms with E-state index < -0.39 is 18.5 Å². The molecule has 0 unspecified atom stereocenters. The van der Waals surface area contributed by atoms with E-state index in [1.807, 2.05) is 6.07 Å². The highest BCUT2D eigenvalue weighted by molar-refractivity contribution is 5.76. The van der Waals surface area contributed by atoms with Crippen LogP contribution in [0, 0.1) is 0 Å². The fourth-order valence-electron chi connectivity index (χ4n) is 0.956. The molecule has 4 nitrogen and oxygen atoms in total.